The van der Waals surface area contributed by atoms with Gasteiger partial charge in [-0.2, -0.15) is 0 Å². The van der Waals surface area contributed by atoms with Crippen molar-refractivity contribution in [2.45, 2.75) is 12.8 Å². The van der Waals surface area contributed by atoms with Crippen LogP contribution in [0.2, 0.25) is 0 Å². The molecule has 0 aliphatic carbocycles. The van der Waals surface area contributed by atoms with Gasteiger partial charge in [-0.3, -0.25) is 14.2 Å². The van der Waals surface area contributed by atoms with Crippen molar-refractivity contribution in [1.82, 2.24) is 4.57 Å². The molecule has 0 bridgehead atoms. The molecular weight excluding hydrogens is 388 g/mol. The van der Waals surface area contributed by atoms with Crippen molar-refractivity contribution in [2.75, 3.05) is 18.6 Å². The molecule has 31 heavy (non-hydrogen) atoms. The van der Waals surface area contributed by atoms with Gasteiger partial charge in [0.2, 0.25) is 0 Å². The van der Waals surface area contributed by atoms with Crippen LogP contribution in [-0.4, -0.2) is 24.1 Å². The van der Waals surface area contributed by atoms with Crippen LogP contribution in [-0.2, 0) is 6.42 Å². The molecule has 5 heteroatoms. The lowest BCUT2D eigenvalue weighted by atomic mass is 9.99. The second-order valence-electron chi connectivity index (χ2n) is 7.65. The van der Waals surface area contributed by atoms with Crippen molar-refractivity contribution in [1.29, 1.82) is 0 Å². The number of ether oxygens (including phenoxy) is 1. The first kappa shape index (κ1) is 19.1. The Bertz CT molecular complexity index is 1360. The molecule has 0 radical (unpaired) electrons. The topological polar surface area (TPSA) is 51.5 Å². The van der Waals surface area contributed by atoms with Crippen LogP contribution in [0.4, 0.5) is 5.69 Å². The summed E-state index contributed by atoms with van der Waals surface area (Å²) in [4.78, 5) is 28.9. The van der Waals surface area contributed by atoms with Crippen LogP contribution >= 0.6 is 0 Å². The third-order valence-corrected chi connectivity index (χ3v) is 5.84. The van der Waals surface area contributed by atoms with E-state index in [9.17, 15) is 9.59 Å². The molecule has 0 fully saturated rings. The Morgan fingerprint density at radius 3 is 2.55 bits per heavy atom. The minimum Gasteiger partial charge on any atom is -0.497 e. The number of nitrogens with zero attached hydrogens (tertiary/aromatic N) is 2. The molecule has 5 nitrogen and oxygen atoms in total. The second-order valence-corrected chi connectivity index (χ2v) is 7.65. The molecule has 5 rings (SSSR count). The molecule has 4 aromatic rings. The van der Waals surface area contributed by atoms with E-state index in [1.807, 2.05) is 59.5 Å². The molecule has 0 N–H and O–H groups in total. The van der Waals surface area contributed by atoms with Gasteiger partial charge in [0.15, 0.2) is 0 Å². The van der Waals surface area contributed by atoms with Gasteiger partial charge in [-0.15, -0.1) is 0 Å². The number of hydrogen-bond donors (Lipinski definition) is 0. The monoisotopic (exact) mass is 410 g/mol. The molecule has 2 heterocycles. The highest BCUT2D eigenvalue weighted by Crippen LogP contribution is 2.30. The zero-order valence-electron chi connectivity index (χ0n) is 17.2. The Labute approximate surface area is 180 Å². The van der Waals surface area contributed by atoms with Gasteiger partial charge >= 0.3 is 0 Å². The summed E-state index contributed by atoms with van der Waals surface area (Å²) in [6.45, 7) is 0.655. The minimum atomic E-state index is -0.167. The van der Waals surface area contributed by atoms with E-state index in [1.165, 1.54) is 10.1 Å². The average molecular weight is 410 g/mol. The van der Waals surface area contributed by atoms with E-state index in [0.717, 1.165) is 18.5 Å². The first-order valence-corrected chi connectivity index (χ1v) is 10.4. The molecular formula is C26H22N2O3. The predicted octanol–water partition coefficient (Wildman–Crippen LogP) is 4.59. The van der Waals surface area contributed by atoms with Crippen molar-refractivity contribution >= 4 is 22.4 Å². The number of carbonyl (C=O) groups excluding carboxylic acids is 1. The van der Waals surface area contributed by atoms with E-state index >= 15 is 0 Å². The maximum Gasteiger partial charge on any atom is 0.262 e. The first-order valence-electron chi connectivity index (χ1n) is 10.4. The van der Waals surface area contributed by atoms with E-state index in [-0.39, 0.29) is 11.5 Å². The van der Waals surface area contributed by atoms with E-state index in [1.54, 1.807) is 25.4 Å². The van der Waals surface area contributed by atoms with Crippen LogP contribution in [0.15, 0.2) is 83.8 Å². The minimum absolute atomic E-state index is 0.0972. The van der Waals surface area contributed by atoms with Crippen LogP contribution in [0, 0.1) is 0 Å². The summed E-state index contributed by atoms with van der Waals surface area (Å²) in [6, 6.07) is 22.6. The summed E-state index contributed by atoms with van der Waals surface area (Å²) in [7, 11) is 1.59. The molecule has 0 spiro atoms. The second kappa shape index (κ2) is 7.76. The van der Waals surface area contributed by atoms with Gasteiger partial charge < -0.3 is 9.64 Å². The van der Waals surface area contributed by atoms with Gasteiger partial charge in [-0.05, 0) is 42.7 Å². The van der Waals surface area contributed by atoms with Gasteiger partial charge in [-0.25, -0.2) is 0 Å². The van der Waals surface area contributed by atoms with Gasteiger partial charge in [0, 0.05) is 35.3 Å². The number of fused-ring (bicyclic) bond motifs is 2. The summed E-state index contributed by atoms with van der Waals surface area (Å²) >= 11 is 0. The third kappa shape index (κ3) is 3.28. The highest BCUT2D eigenvalue weighted by atomic mass is 16.5. The molecule has 0 saturated heterocycles. The van der Waals surface area contributed by atoms with Crippen LogP contribution in [0.1, 0.15) is 22.3 Å². The van der Waals surface area contributed by atoms with E-state index in [0.29, 0.717) is 34.3 Å². The fraction of sp³-hybridized carbons (Fsp3) is 0.154. The number of benzene rings is 3. The van der Waals surface area contributed by atoms with Gasteiger partial charge in [0.1, 0.15) is 5.75 Å². The normalized spacial score (nSPS) is 13.1. The fourth-order valence-electron chi connectivity index (χ4n) is 4.30. The van der Waals surface area contributed by atoms with E-state index < -0.39 is 0 Å². The lowest BCUT2D eigenvalue weighted by Crippen LogP contribution is -2.36. The van der Waals surface area contributed by atoms with Crippen LogP contribution in [0.25, 0.3) is 16.5 Å². The molecule has 154 valence electrons. The number of pyridine rings is 1. The summed E-state index contributed by atoms with van der Waals surface area (Å²) < 4.78 is 6.86. The zero-order chi connectivity index (χ0) is 21.4. The van der Waals surface area contributed by atoms with Crippen LogP contribution in [0.3, 0.4) is 0 Å². The SMILES string of the molecule is COc1cccc(-n2cc(C(=O)N3CCCc4ccccc43)c3ccccc3c2=O)c1. The number of anilines is 1. The Morgan fingerprint density at radius 1 is 0.935 bits per heavy atom. The van der Waals surface area contributed by atoms with Gasteiger partial charge in [-0.1, -0.05) is 42.5 Å². The third-order valence-electron chi connectivity index (χ3n) is 5.84. The quantitative estimate of drug-likeness (QED) is 0.496. The molecule has 0 saturated carbocycles. The number of amides is 1. The zero-order valence-corrected chi connectivity index (χ0v) is 17.2. The molecule has 1 aromatic heterocycles. The summed E-state index contributed by atoms with van der Waals surface area (Å²) in [5, 5.41) is 1.18. The average Bonchev–Trinajstić information content (AvgIpc) is 2.83. The largest absolute Gasteiger partial charge is 0.497 e. The Morgan fingerprint density at radius 2 is 1.71 bits per heavy atom. The summed E-state index contributed by atoms with van der Waals surface area (Å²) in [5.41, 5.74) is 3.12. The molecule has 0 unspecified atom stereocenters. The number of hydrogen-bond acceptors (Lipinski definition) is 3. The number of aromatic nitrogens is 1. The maximum atomic E-state index is 13.8. The van der Waals surface area contributed by atoms with Crippen LogP contribution < -0.4 is 15.2 Å². The highest BCUT2D eigenvalue weighted by Gasteiger charge is 2.26. The Balaban J connectivity index is 1.71. The summed E-state index contributed by atoms with van der Waals surface area (Å²) in [6.07, 6.45) is 3.54. The van der Waals surface area contributed by atoms with Crippen molar-refractivity contribution in [3.8, 4) is 11.4 Å². The lowest BCUT2D eigenvalue weighted by molar-refractivity contribution is 0.0986. The van der Waals surface area contributed by atoms with Crippen molar-refractivity contribution < 1.29 is 9.53 Å². The Kier molecular flexibility index (Phi) is 4.79. The maximum absolute atomic E-state index is 13.8. The van der Waals surface area contributed by atoms with Gasteiger partial charge in [0.05, 0.1) is 18.4 Å². The van der Waals surface area contributed by atoms with E-state index in [4.69, 9.17) is 4.74 Å². The van der Waals surface area contributed by atoms with Gasteiger partial charge in [0.25, 0.3) is 11.5 Å². The first-order chi connectivity index (χ1) is 15.2. The van der Waals surface area contributed by atoms with Crippen molar-refractivity contribution in [3.05, 3.63) is 100 Å². The molecule has 1 aliphatic rings. The van der Waals surface area contributed by atoms with Crippen molar-refractivity contribution in [3.63, 3.8) is 0 Å². The Hall–Kier alpha value is -3.86. The lowest BCUT2D eigenvalue weighted by Gasteiger charge is -2.30. The molecule has 1 amide bonds. The standard InChI is InChI=1S/C26H22N2O3/c1-31-20-11-6-10-19(16-20)28-17-23(21-12-3-4-13-22(21)25(28)29)26(30)27-15-7-9-18-8-2-5-14-24(18)27/h2-6,8,10-14,16-17H,7,9,15H2,1H3. The smallest absolute Gasteiger partial charge is 0.262 e. The fourth-order valence-corrected chi connectivity index (χ4v) is 4.30. The van der Waals surface area contributed by atoms with Crippen molar-refractivity contribution in [2.24, 2.45) is 0 Å². The predicted molar refractivity (Wildman–Crippen MR) is 123 cm³/mol. The number of para-hydroxylation sites is 1. The highest BCUT2D eigenvalue weighted by molar-refractivity contribution is 6.14. The van der Waals surface area contributed by atoms with E-state index in [2.05, 4.69) is 6.07 Å². The number of rotatable bonds is 3. The number of carbonyl (C=O) groups is 1. The molecule has 1 aliphatic heterocycles. The summed E-state index contributed by atoms with van der Waals surface area (Å²) in [5.74, 6) is 0.551. The van der Waals surface area contributed by atoms with Crippen LogP contribution in [0.5, 0.6) is 5.75 Å². The number of aryl methyl sites for hydroxylation is 1. The molecule has 3 aromatic carbocycles. The number of methoxy groups -OCH3 is 1. The molecule has 0 atom stereocenters.